The Labute approximate surface area is 301 Å². The normalized spacial score (nSPS) is 22.8. The molecule has 1 N–H and O–H groups in total. The smallest absolute Gasteiger partial charge is 0.322 e. The molecular weight excluding hydrogens is 656 g/mol. The highest BCUT2D eigenvalue weighted by Crippen LogP contribution is 2.50. The Morgan fingerprint density at radius 2 is 1.67 bits per heavy atom. The van der Waals surface area contributed by atoms with Crippen molar-refractivity contribution in [2.45, 2.75) is 89.4 Å². The molecule has 0 aliphatic carbocycles. The molecule has 4 heterocycles. The topological polar surface area (TPSA) is 79.4 Å². The summed E-state index contributed by atoms with van der Waals surface area (Å²) < 4.78 is 0. The number of carbonyl (C=O) groups is 3. The van der Waals surface area contributed by atoms with E-state index in [4.69, 9.17) is 11.6 Å². The zero-order valence-electron chi connectivity index (χ0n) is 29.8. The average molecular weight is 709 g/mol. The third-order valence-corrected chi connectivity index (χ3v) is 12.4. The maximum Gasteiger partial charge on any atom is 0.322 e. The maximum absolute atomic E-state index is 14.2. The second-order valence-electron chi connectivity index (χ2n) is 15.5. The number of amides is 4. The van der Waals surface area contributed by atoms with Gasteiger partial charge >= 0.3 is 6.03 Å². The number of rotatable bonds is 8. The molecular formula is C38H53ClN6O3S. The van der Waals surface area contributed by atoms with E-state index < -0.39 is 5.25 Å². The molecule has 3 saturated heterocycles. The van der Waals surface area contributed by atoms with Crippen molar-refractivity contribution in [3.8, 4) is 0 Å². The van der Waals surface area contributed by atoms with Crippen molar-refractivity contribution < 1.29 is 14.4 Å². The van der Waals surface area contributed by atoms with E-state index in [9.17, 15) is 14.4 Å². The molecule has 0 unspecified atom stereocenters. The molecule has 0 aromatic heterocycles. The molecule has 266 valence electrons. The molecule has 6 rings (SSSR count). The summed E-state index contributed by atoms with van der Waals surface area (Å²) in [6, 6.07) is 14.6. The van der Waals surface area contributed by atoms with E-state index in [0.29, 0.717) is 37.2 Å². The van der Waals surface area contributed by atoms with Crippen LogP contribution in [0.5, 0.6) is 0 Å². The molecule has 11 heteroatoms. The van der Waals surface area contributed by atoms with Gasteiger partial charge in [-0.2, -0.15) is 0 Å². The van der Waals surface area contributed by atoms with Gasteiger partial charge in [-0.25, -0.2) is 4.79 Å². The largest absolute Gasteiger partial charge is 0.369 e. The number of benzene rings is 2. The molecule has 0 radical (unpaired) electrons. The molecule has 4 amide bonds. The van der Waals surface area contributed by atoms with Crippen LogP contribution in [0.3, 0.4) is 0 Å². The first-order chi connectivity index (χ1) is 23.4. The lowest BCUT2D eigenvalue weighted by Gasteiger charge is -2.40. The van der Waals surface area contributed by atoms with Gasteiger partial charge in [0.1, 0.15) is 5.37 Å². The Balaban J connectivity index is 1.13. The number of likely N-dealkylation sites (tertiary alicyclic amines) is 1. The van der Waals surface area contributed by atoms with E-state index in [0.717, 1.165) is 74.4 Å². The van der Waals surface area contributed by atoms with Crippen molar-refractivity contribution in [3.63, 3.8) is 0 Å². The lowest BCUT2D eigenvalue weighted by Crippen LogP contribution is -2.50. The summed E-state index contributed by atoms with van der Waals surface area (Å²) in [7, 11) is 0. The first-order valence-corrected chi connectivity index (χ1v) is 19.4. The van der Waals surface area contributed by atoms with Gasteiger partial charge in [-0.1, -0.05) is 56.6 Å². The molecule has 0 bridgehead atoms. The molecule has 2 aromatic carbocycles. The Hall–Kier alpha value is -2.95. The van der Waals surface area contributed by atoms with Gasteiger partial charge in [0, 0.05) is 92.8 Å². The van der Waals surface area contributed by atoms with E-state index >= 15 is 0 Å². The van der Waals surface area contributed by atoms with Crippen molar-refractivity contribution in [1.29, 1.82) is 0 Å². The third kappa shape index (κ3) is 8.18. The number of nitrogens with one attached hydrogen (secondary N) is 1. The zero-order chi connectivity index (χ0) is 34.9. The zero-order valence-corrected chi connectivity index (χ0v) is 31.4. The highest BCUT2D eigenvalue weighted by atomic mass is 35.5. The van der Waals surface area contributed by atoms with E-state index in [1.165, 1.54) is 0 Å². The Morgan fingerprint density at radius 1 is 0.959 bits per heavy atom. The molecule has 4 aliphatic heterocycles. The Kier molecular flexibility index (Phi) is 11.1. The molecule has 49 heavy (non-hydrogen) atoms. The SMILES string of the molecule is CC(C)N1CCN(c2cccc(Cl)c2[C@H]2S[C@H](CC(=O)N3CCC(N4CCc5ccccc5NC4=O)CC3)C(=O)N2CCC(C)(C)C)CC1. The van der Waals surface area contributed by atoms with Gasteiger partial charge in [-0.3, -0.25) is 14.5 Å². The predicted octanol–water partition coefficient (Wildman–Crippen LogP) is 6.72. The maximum atomic E-state index is 14.2. The van der Waals surface area contributed by atoms with Crippen LogP contribution in [0.2, 0.25) is 5.02 Å². The van der Waals surface area contributed by atoms with Crippen LogP contribution in [-0.2, 0) is 16.0 Å². The highest BCUT2D eigenvalue weighted by molar-refractivity contribution is 8.01. The van der Waals surface area contributed by atoms with Crippen LogP contribution >= 0.6 is 23.4 Å². The Morgan fingerprint density at radius 3 is 2.37 bits per heavy atom. The van der Waals surface area contributed by atoms with Crippen LogP contribution in [0, 0.1) is 5.41 Å². The fourth-order valence-corrected chi connectivity index (χ4v) is 9.49. The molecule has 9 nitrogen and oxygen atoms in total. The van der Waals surface area contributed by atoms with Crippen molar-refractivity contribution in [2.24, 2.45) is 5.41 Å². The van der Waals surface area contributed by atoms with Crippen LogP contribution in [-0.4, -0.2) is 107 Å². The Bertz CT molecular complexity index is 1520. The van der Waals surface area contributed by atoms with Gasteiger partial charge in [0.05, 0.1) is 5.25 Å². The molecule has 4 aliphatic rings. The minimum absolute atomic E-state index is 0.0117. The number of para-hydroxylation sites is 1. The van der Waals surface area contributed by atoms with Crippen molar-refractivity contribution in [1.82, 2.24) is 19.6 Å². The molecule has 3 fully saturated rings. The van der Waals surface area contributed by atoms with Crippen molar-refractivity contribution in [2.75, 3.05) is 62.6 Å². The summed E-state index contributed by atoms with van der Waals surface area (Å²) in [5.74, 6) is 0.0384. The van der Waals surface area contributed by atoms with Crippen LogP contribution in [0.1, 0.15) is 76.8 Å². The summed E-state index contributed by atoms with van der Waals surface area (Å²) in [6.07, 6.45) is 3.29. The molecule has 2 aromatic rings. The number of piperidine rings is 1. The highest BCUT2D eigenvalue weighted by Gasteiger charge is 2.45. The number of hydrogen-bond donors (Lipinski definition) is 1. The van der Waals surface area contributed by atoms with E-state index in [2.05, 4.69) is 61.9 Å². The minimum atomic E-state index is -0.466. The molecule has 0 spiro atoms. The third-order valence-electron chi connectivity index (χ3n) is 10.7. The average Bonchev–Trinajstić information content (AvgIpc) is 3.26. The summed E-state index contributed by atoms with van der Waals surface area (Å²) in [5.41, 5.74) is 4.17. The fraction of sp³-hybridized carbons (Fsp3) is 0.605. The summed E-state index contributed by atoms with van der Waals surface area (Å²) in [4.78, 5) is 51.8. The van der Waals surface area contributed by atoms with Crippen molar-refractivity contribution >= 4 is 52.6 Å². The number of hydrogen-bond acceptors (Lipinski definition) is 6. The van der Waals surface area contributed by atoms with Crippen LogP contribution < -0.4 is 10.2 Å². The van der Waals surface area contributed by atoms with E-state index in [-0.39, 0.29) is 41.1 Å². The quantitative estimate of drug-likeness (QED) is 0.328. The molecule has 2 atom stereocenters. The summed E-state index contributed by atoms with van der Waals surface area (Å²) >= 11 is 8.60. The van der Waals surface area contributed by atoms with Crippen LogP contribution in [0.25, 0.3) is 0 Å². The molecule has 0 saturated carbocycles. The van der Waals surface area contributed by atoms with Gasteiger partial charge in [0.2, 0.25) is 11.8 Å². The number of halogens is 1. The lowest BCUT2D eigenvalue weighted by molar-refractivity contribution is -0.137. The first-order valence-electron chi connectivity index (χ1n) is 18.1. The number of piperazine rings is 1. The van der Waals surface area contributed by atoms with Crippen LogP contribution in [0.15, 0.2) is 42.5 Å². The van der Waals surface area contributed by atoms with Gasteiger partial charge in [-0.05, 0) is 68.7 Å². The van der Waals surface area contributed by atoms with E-state index in [1.807, 2.05) is 45.0 Å². The van der Waals surface area contributed by atoms with E-state index in [1.54, 1.807) is 11.8 Å². The van der Waals surface area contributed by atoms with Gasteiger partial charge < -0.3 is 24.9 Å². The lowest BCUT2D eigenvalue weighted by atomic mass is 9.92. The minimum Gasteiger partial charge on any atom is -0.369 e. The number of carbonyl (C=O) groups excluding carboxylic acids is 3. The first kappa shape index (κ1) is 35.9. The van der Waals surface area contributed by atoms with Gasteiger partial charge in [0.25, 0.3) is 0 Å². The number of thioether (sulfide) groups is 1. The van der Waals surface area contributed by atoms with Gasteiger partial charge in [-0.15, -0.1) is 11.8 Å². The number of anilines is 2. The number of fused-ring (bicyclic) bond motifs is 1. The monoisotopic (exact) mass is 708 g/mol. The van der Waals surface area contributed by atoms with Crippen LogP contribution in [0.4, 0.5) is 16.2 Å². The summed E-state index contributed by atoms with van der Waals surface area (Å²) in [5, 5.41) is 3.03. The fourth-order valence-electron chi connectivity index (χ4n) is 7.61. The second-order valence-corrected chi connectivity index (χ2v) is 17.2. The van der Waals surface area contributed by atoms with Crippen molar-refractivity contribution in [3.05, 3.63) is 58.6 Å². The summed E-state index contributed by atoms with van der Waals surface area (Å²) in [6.45, 7) is 17.3. The predicted molar refractivity (Wildman–Crippen MR) is 200 cm³/mol. The second kappa shape index (κ2) is 15.1. The standard InChI is InChI=1S/C38H53ClN6O3S/c1-26(2)41-21-23-42(24-22-41)31-12-8-10-29(39)34(31)36-45(20-16-38(3,4)5)35(47)32(49-36)25-33(46)43-17-14-28(15-18-43)44-19-13-27-9-6-7-11-30(27)40-37(44)48/h6-12,26,28,32,36H,13-25H2,1-5H3,(H,40,48)/t32-,36-/m1/s1. The van der Waals surface area contributed by atoms with Gasteiger partial charge in [0.15, 0.2) is 0 Å². The number of urea groups is 1. The number of nitrogens with zero attached hydrogens (tertiary/aromatic N) is 5.